The van der Waals surface area contributed by atoms with E-state index in [1.54, 1.807) is 12.1 Å². The highest BCUT2D eigenvalue weighted by Crippen LogP contribution is 2.32. The number of carbonyl (C=O) groups excluding carboxylic acids is 3. The quantitative estimate of drug-likeness (QED) is 0.514. The minimum atomic E-state index is -0.544. The van der Waals surface area contributed by atoms with Gasteiger partial charge in [-0.3, -0.25) is 9.59 Å². The molecule has 1 aliphatic heterocycles. The van der Waals surface area contributed by atoms with Crippen molar-refractivity contribution in [3.63, 3.8) is 0 Å². The second kappa shape index (κ2) is 12.4. The van der Waals surface area contributed by atoms with Crippen molar-refractivity contribution in [2.45, 2.75) is 51.6 Å². The fraction of sp³-hybridized carbons (Fsp3) is 0.414. The first kappa shape index (κ1) is 27.0. The molecule has 1 atom stereocenters. The van der Waals surface area contributed by atoms with Gasteiger partial charge in [-0.1, -0.05) is 49.0 Å². The molecular weight excluding hydrogens is 454 g/mol. The third-order valence-corrected chi connectivity index (χ3v) is 6.32. The van der Waals surface area contributed by atoms with Crippen molar-refractivity contribution in [1.29, 1.82) is 0 Å². The van der Waals surface area contributed by atoms with Crippen LogP contribution in [0.3, 0.4) is 0 Å². The average Bonchev–Trinajstić information content (AvgIpc) is 2.85. The first-order valence-electron chi connectivity index (χ1n) is 12.5. The number of rotatable bonds is 8. The summed E-state index contributed by atoms with van der Waals surface area (Å²) in [5.41, 5.74) is 2.21. The van der Waals surface area contributed by atoms with Crippen LogP contribution in [0.1, 0.15) is 50.7 Å². The predicted molar refractivity (Wildman–Crippen MR) is 142 cm³/mol. The molecule has 0 aromatic heterocycles. The molecule has 7 nitrogen and oxygen atoms in total. The molecular formula is C29H37N3O4. The van der Waals surface area contributed by atoms with Crippen LogP contribution in [-0.4, -0.2) is 48.0 Å². The van der Waals surface area contributed by atoms with Crippen molar-refractivity contribution in [2.24, 2.45) is 5.92 Å². The van der Waals surface area contributed by atoms with Crippen LogP contribution in [0, 0.1) is 5.92 Å². The summed E-state index contributed by atoms with van der Waals surface area (Å²) in [5.74, 6) is 0.324. The molecule has 1 fully saturated rings. The summed E-state index contributed by atoms with van der Waals surface area (Å²) in [6, 6.07) is 17.5. The zero-order valence-corrected chi connectivity index (χ0v) is 21.5. The van der Waals surface area contributed by atoms with Crippen molar-refractivity contribution in [2.75, 3.05) is 25.0 Å². The van der Waals surface area contributed by atoms with Gasteiger partial charge in [-0.05, 0) is 68.9 Å². The number of hydrogen-bond acceptors (Lipinski definition) is 4. The molecule has 0 bridgehead atoms. The maximum absolute atomic E-state index is 12.9. The van der Waals surface area contributed by atoms with Gasteiger partial charge < -0.3 is 20.3 Å². The van der Waals surface area contributed by atoms with E-state index in [4.69, 9.17) is 4.74 Å². The van der Waals surface area contributed by atoms with E-state index >= 15 is 0 Å². The topological polar surface area (TPSA) is 87.7 Å². The van der Waals surface area contributed by atoms with Crippen LogP contribution in [0.2, 0.25) is 0 Å². The molecule has 1 aliphatic rings. The Morgan fingerprint density at radius 3 is 2.28 bits per heavy atom. The first-order valence-corrected chi connectivity index (χ1v) is 12.5. The third kappa shape index (κ3) is 8.26. The number of nitrogens with one attached hydrogen (secondary N) is 2. The van der Waals surface area contributed by atoms with E-state index in [9.17, 15) is 14.4 Å². The van der Waals surface area contributed by atoms with Gasteiger partial charge in [0.1, 0.15) is 5.60 Å². The van der Waals surface area contributed by atoms with Gasteiger partial charge in [0.15, 0.2) is 0 Å². The van der Waals surface area contributed by atoms with Crippen LogP contribution in [0.5, 0.6) is 0 Å². The number of piperidine rings is 1. The Labute approximate surface area is 213 Å². The molecule has 0 spiro atoms. The van der Waals surface area contributed by atoms with Crippen LogP contribution in [0.15, 0.2) is 67.3 Å². The summed E-state index contributed by atoms with van der Waals surface area (Å²) in [5, 5.41) is 5.65. The van der Waals surface area contributed by atoms with E-state index in [1.165, 1.54) is 11.6 Å². The van der Waals surface area contributed by atoms with Gasteiger partial charge in [-0.25, -0.2) is 4.79 Å². The molecule has 0 radical (unpaired) electrons. The Bertz CT molecular complexity index is 1040. The number of ether oxygens (including phenoxy) is 1. The third-order valence-electron chi connectivity index (χ3n) is 6.32. The number of hydrogen-bond donors (Lipinski definition) is 2. The van der Waals surface area contributed by atoms with Crippen LogP contribution < -0.4 is 10.6 Å². The van der Waals surface area contributed by atoms with E-state index in [-0.39, 0.29) is 17.7 Å². The summed E-state index contributed by atoms with van der Waals surface area (Å²) < 4.78 is 5.42. The fourth-order valence-electron chi connectivity index (χ4n) is 4.50. The van der Waals surface area contributed by atoms with Crippen LogP contribution in [0.25, 0.3) is 0 Å². The van der Waals surface area contributed by atoms with Gasteiger partial charge in [0.2, 0.25) is 11.8 Å². The van der Waals surface area contributed by atoms with E-state index in [2.05, 4.69) is 29.3 Å². The normalized spacial score (nSPS) is 15.0. The maximum atomic E-state index is 12.9. The van der Waals surface area contributed by atoms with E-state index < -0.39 is 11.7 Å². The van der Waals surface area contributed by atoms with Crippen molar-refractivity contribution in [3.8, 4) is 0 Å². The molecule has 36 heavy (non-hydrogen) atoms. The number of benzene rings is 2. The number of alkyl carbamates (subject to hydrolysis) is 1. The number of amides is 3. The Balaban J connectivity index is 1.56. The lowest BCUT2D eigenvalue weighted by Crippen LogP contribution is -2.42. The van der Waals surface area contributed by atoms with Gasteiger partial charge in [0.05, 0.1) is 6.42 Å². The highest BCUT2D eigenvalue weighted by molar-refractivity contribution is 5.98. The minimum absolute atomic E-state index is 0.0967. The molecule has 192 valence electrons. The lowest BCUT2D eigenvalue weighted by molar-refractivity contribution is -0.132. The monoisotopic (exact) mass is 491 g/mol. The summed E-state index contributed by atoms with van der Waals surface area (Å²) in [4.78, 5) is 38.6. The molecule has 1 heterocycles. The largest absolute Gasteiger partial charge is 0.444 e. The van der Waals surface area contributed by atoms with Gasteiger partial charge >= 0.3 is 6.09 Å². The molecule has 1 saturated heterocycles. The lowest BCUT2D eigenvalue weighted by atomic mass is 9.80. The Morgan fingerprint density at radius 2 is 1.69 bits per heavy atom. The smallest absolute Gasteiger partial charge is 0.407 e. The highest BCUT2D eigenvalue weighted by atomic mass is 16.6. The second-order valence-electron chi connectivity index (χ2n) is 10.2. The van der Waals surface area contributed by atoms with Crippen molar-refractivity contribution in [3.05, 3.63) is 78.4 Å². The van der Waals surface area contributed by atoms with Crippen LogP contribution in [-0.2, 0) is 20.7 Å². The first-order chi connectivity index (χ1) is 17.1. The van der Waals surface area contributed by atoms with Crippen LogP contribution >= 0.6 is 0 Å². The molecule has 2 aromatic carbocycles. The predicted octanol–water partition coefficient (Wildman–Crippen LogP) is 4.90. The van der Waals surface area contributed by atoms with Gasteiger partial charge in [-0.15, -0.1) is 0 Å². The van der Waals surface area contributed by atoms with Crippen molar-refractivity contribution < 1.29 is 19.1 Å². The molecule has 0 aliphatic carbocycles. The molecule has 0 saturated carbocycles. The zero-order chi connectivity index (χ0) is 26.1. The van der Waals surface area contributed by atoms with Crippen molar-refractivity contribution >= 4 is 23.6 Å². The van der Waals surface area contributed by atoms with E-state index in [0.717, 1.165) is 18.4 Å². The summed E-state index contributed by atoms with van der Waals surface area (Å²) in [6.07, 6.45) is 2.87. The highest BCUT2D eigenvalue weighted by Gasteiger charge is 2.30. The number of carbonyl (C=O) groups is 3. The molecule has 7 heteroatoms. The number of likely N-dealkylation sites (tertiary alicyclic amines) is 1. The Hall–Kier alpha value is -3.61. The Kier molecular flexibility index (Phi) is 9.28. The van der Waals surface area contributed by atoms with Gasteiger partial charge in [0, 0.05) is 31.2 Å². The summed E-state index contributed by atoms with van der Waals surface area (Å²) in [6.45, 7) is 10.9. The molecule has 3 amide bonds. The molecule has 2 N–H and O–H groups in total. The standard InChI is InChI=1S/C29H37N3O4/c1-5-26(33)31-24-13-11-21(12-14-24)19-27(34)32-17-15-23(16-18-32)25(22-9-7-6-8-10-22)20-30-28(35)36-29(2,3)4/h5-14,23,25H,1,15-20H2,2-4H3,(H,30,35)(H,31,33). The SMILES string of the molecule is C=CC(=O)Nc1ccc(CC(=O)N2CCC(C(CNC(=O)OC(C)(C)C)c3ccccc3)CC2)cc1. The summed E-state index contributed by atoms with van der Waals surface area (Å²) in [7, 11) is 0. The summed E-state index contributed by atoms with van der Waals surface area (Å²) >= 11 is 0. The number of anilines is 1. The maximum Gasteiger partial charge on any atom is 0.407 e. The average molecular weight is 492 g/mol. The fourth-order valence-corrected chi connectivity index (χ4v) is 4.50. The lowest BCUT2D eigenvalue weighted by Gasteiger charge is -2.36. The van der Waals surface area contributed by atoms with Crippen LogP contribution in [0.4, 0.5) is 10.5 Å². The minimum Gasteiger partial charge on any atom is -0.444 e. The molecule has 3 rings (SSSR count). The van der Waals surface area contributed by atoms with E-state index in [1.807, 2.05) is 56.0 Å². The van der Waals surface area contributed by atoms with E-state index in [0.29, 0.717) is 37.7 Å². The van der Waals surface area contributed by atoms with Gasteiger partial charge in [0.25, 0.3) is 0 Å². The zero-order valence-electron chi connectivity index (χ0n) is 21.5. The number of nitrogens with zero attached hydrogens (tertiary/aromatic N) is 1. The Morgan fingerprint density at radius 1 is 1.06 bits per heavy atom. The van der Waals surface area contributed by atoms with Gasteiger partial charge in [-0.2, -0.15) is 0 Å². The molecule has 2 aromatic rings. The second-order valence-corrected chi connectivity index (χ2v) is 10.2. The van der Waals surface area contributed by atoms with Crippen molar-refractivity contribution in [1.82, 2.24) is 10.2 Å². The molecule has 1 unspecified atom stereocenters.